The lowest BCUT2D eigenvalue weighted by Crippen LogP contribution is -2.57. The highest BCUT2D eigenvalue weighted by molar-refractivity contribution is 5.95. The van der Waals surface area contributed by atoms with Crippen molar-refractivity contribution in [2.75, 3.05) is 13.1 Å². The van der Waals surface area contributed by atoms with Crippen molar-refractivity contribution < 1.29 is 48.9 Å². The third-order valence-corrected chi connectivity index (χ3v) is 5.69. The highest BCUT2D eigenvalue weighted by atomic mass is 16.4. The Hall–Kier alpha value is -3.79. The molecule has 1 saturated heterocycles. The standard InChI is InChI=1S/C22H36N6O10/c1-10(2)18(22(37)38)28-21(36)13(4-6-17(32)33)27-20(35)12(3-5-15(23)30)26-16(31)9-25-19(34)14-7-11(29)8-24-14/h10-14,18,24,29H,3-9H2,1-2H3,(H2,23,30)(H,25,34)(H,26,31)(H,27,35)(H,28,36)(H,32,33)(H,37,38)/t11-,12+,13+,14+,18+/m1/s1. The predicted molar refractivity (Wildman–Crippen MR) is 129 cm³/mol. The number of carbonyl (C=O) groups is 7. The minimum Gasteiger partial charge on any atom is -0.481 e. The largest absolute Gasteiger partial charge is 0.481 e. The normalized spacial score (nSPS) is 19.1. The Morgan fingerprint density at radius 1 is 0.921 bits per heavy atom. The molecule has 1 heterocycles. The van der Waals surface area contributed by atoms with E-state index in [4.69, 9.17) is 10.8 Å². The van der Waals surface area contributed by atoms with E-state index in [0.717, 1.165) is 0 Å². The maximum Gasteiger partial charge on any atom is 0.326 e. The van der Waals surface area contributed by atoms with E-state index >= 15 is 0 Å². The second-order valence-electron chi connectivity index (χ2n) is 9.26. The Bertz CT molecular complexity index is 911. The summed E-state index contributed by atoms with van der Waals surface area (Å²) in [5.74, 6) is -7.14. The van der Waals surface area contributed by atoms with E-state index in [-0.39, 0.29) is 32.2 Å². The van der Waals surface area contributed by atoms with Crippen molar-refractivity contribution >= 4 is 41.5 Å². The number of primary amides is 1. The van der Waals surface area contributed by atoms with Gasteiger partial charge in [0.25, 0.3) is 0 Å². The molecule has 0 aromatic rings. The summed E-state index contributed by atoms with van der Waals surface area (Å²) in [6.45, 7) is 2.78. The quantitative estimate of drug-likeness (QED) is 0.0907. The summed E-state index contributed by atoms with van der Waals surface area (Å²) < 4.78 is 0. The summed E-state index contributed by atoms with van der Waals surface area (Å²) in [5, 5.41) is 39.8. The molecule has 5 amide bonds. The average molecular weight is 545 g/mol. The zero-order chi connectivity index (χ0) is 29.0. The van der Waals surface area contributed by atoms with Crippen molar-refractivity contribution in [1.82, 2.24) is 26.6 Å². The Morgan fingerprint density at radius 2 is 1.50 bits per heavy atom. The van der Waals surface area contributed by atoms with Crippen LogP contribution in [0.15, 0.2) is 0 Å². The lowest BCUT2D eigenvalue weighted by Gasteiger charge is -2.25. The predicted octanol–water partition coefficient (Wildman–Crippen LogP) is -3.85. The fraction of sp³-hybridized carbons (Fsp3) is 0.682. The molecule has 16 nitrogen and oxygen atoms in total. The van der Waals surface area contributed by atoms with Gasteiger partial charge < -0.3 is 47.6 Å². The highest BCUT2D eigenvalue weighted by Gasteiger charge is 2.32. The Kier molecular flexibility index (Phi) is 13.1. The van der Waals surface area contributed by atoms with E-state index in [2.05, 4.69) is 26.6 Å². The van der Waals surface area contributed by atoms with Gasteiger partial charge in [-0.15, -0.1) is 0 Å². The molecular weight excluding hydrogens is 508 g/mol. The number of amides is 5. The summed E-state index contributed by atoms with van der Waals surface area (Å²) in [5.41, 5.74) is 5.14. The van der Waals surface area contributed by atoms with Crippen molar-refractivity contribution in [3.8, 4) is 0 Å². The maximum absolute atomic E-state index is 12.9. The van der Waals surface area contributed by atoms with Crippen LogP contribution in [0.1, 0.15) is 46.0 Å². The van der Waals surface area contributed by atoms with Crippen molar-refractivity contribution in [3.63, 3.8) is 0 Å². The fourth-order valence-corrected chi connectivity index (χ4v) is 3.58. The van der Waals surface area contributed by atoms with Gasteiger partial charge in [0.15, 0.2) is 0 Å². The summed E-state index contributed by atoms with van der Waals surface area (Å²) in [4.78, 5) is 84.0. The number of nitrogens with two attached hydrogens (primary N) is 1. The fourth-order valence-electron chi connectivity index (χ4n) is 3.58. The third kappa shape index (κ3) is 11.5. The first-order valence-corrected chi connectivity index (χ1v) is 12.0. The second-order valence-corrected chi connectivity index (χ2v) is 9.26. The number of hydrogen-bond acceptors (Lipinski definition) is 9. The average Bonchev–Trinajstić information content (AvgIpc) is 3.26. The van der Waals surface area contributed by atoms with Crippen LogP contribution < -0.4 is 32.3 Å². The highest BCUT2D eigenvalue weighted by Crippen LogP contribution is 2.07. The Labute approximate surface area is 218 Å². The molecule has 0 unspecified atom stereocenters. The molecule has 0 aliphatic carbocycles. The van der Waals surface area contributed by atoms with Gasteiger partial charge >= 0.3 is 11.9 Å². The lowest BCUT2D eigenvalue weighted by atomic mass is 10.0. The number of aliphatic carboxylic acids is 2. The molecule has 214 valence electrons. The first-order chi connectivity index (χ1) is 17.7. The monoisotopic (exact) mass is 544 g/mol. The molecule has 0 spiro atoms. The number of carboxylic acid groups (broad SMARTS) is 2. The van der Waals surface area contributed by atoms with Crippen molar-refractivity contribution in [2.45, 2.75) is 76.2 Å². The topological polar surface area (TPSA) is 266 Å². The van der Waals surface area contributed by atoms with Crippen molar-refractivity contribution in [2.24, 2.45) is 11.7 Å². The molecular formula is C22H36N6O10. The molecule has 1 aliphatic rings. The lowest BCUT2D eigenvalue weighted by molar-refractivity contribution is -0.144. The molecule has 1 rings (SSSR count). The number of β-amino-alcohol motifs (C(OH)–C–C–N with tert-alkyl or cyclic N) is 1. The van der Waals surface area contributed by atoms with E-state index in [1.54, 1.807) is 13.8 Å². The molecule has 0 aromatic carbocycles. The van der Waals surface area contributed by atoms with Gasteiger partial charge in [-0.05, 0) is 25.2 Å². The summed E-state index contributed by atoms with van der Waals surface area (Å²) in [7, 11) is 0. The van der Waals surface area contributed by atoms with Gasteiger partial charge in [-0.1, -0.05) is 13.8 Å². The molecule has 38 heavy (non-hydrogen) atoms. The molecule has 0 aromatic heterocycles. The van der Waals surface area contributed by atoms with Gasteiger partial charge in [0, 0.05) is 19.4 Å². The number of carbonyl (C=O) groups excluding carboxylic acids is 5. The summed E-state index contributed by atoms with van der Waals surface area (Å²) in [6, 6.07) is -4.86. The van der Waals surface area contributed by atoms with Crippen LogP contribution >= 0.6 is 0 Å². The molecule has 5 atom stereocenters. The SMILES string of the molecule is CC(C)[C@H](NC(=O)[C@H](CCC(=O)O)NC(=O)[C@H](CCC(N)=O)NC(=O)CNC(=O)[C@@H]1C[C@@H](O)CN1)C(=O)O. The Morgan fingerprint density at radius 3 is 2.00 bits per heavy atom. The van der Waals surface area contributed by atoms with Crippen LogP contribution in [0.25, 0.3) is 0 Å². The third-order valence-electron chi connectivity index (χ3n) is 5.69. The number of aliphatic hydroxyl groups excluding tert-OH is 1. The number of hydrogen-bond donors (Lipinski definition) is 9. The van der Waals surface area contributed by atoms with Crippen LogP contribution in [0, 0.1) is 5.92 Å². The van der Waals surface area contributed by atoms with E-state index in [9.17, 15) is 43.8 Å². The first-order valence-electron chi connectivity index (χ1n) is 12.0. The van der Waals surface area contributed by atoms with Gasteiger partial charge in [-0.25, -0.2) is 4.79 Å². The number of rotatable bonds is 16. The van der Waals surface area contributed by atoms with Crippen molar-refractivity contribution in [1.29, 1.82) is 0 Å². The van der Waals surface area contributed by atoms with Crippen LogP contribution in [-0.2, 0) is 33.6 Å². The van der Waals surface area contributed by atoms with E-state index < -0.39 is 90.6 Å². The van der Waals surface area contributed by atoms with E-state index in [1.807, 2.05) is 0 Å². The smallest absolute Gasteiger partial charge is 0.326 e. The van der Waals surface area contributed by atoms with Crippen molar-refractivity contribution in [3.05, 3.63) is 0 Å². The second kappa shape index (κ2) is 15.5. The molecule has 0 radical (unpaired) electrons. The number of aliphatic hydroxyl groups is 1. The summed E-state index contributed by atoms with van der Waals surface area (Å²) >= 11 is 0. The number of nitrogens with one attached hydrogen (secondary N) is 5. The minimum atomic E-state index is -1.47. The maximum atomic E-state index is 12.9. The van der Waals surface area contributed by atoms with Gasteiger partial charge in [-0.3, -0.25) is 28.8 Å². The zero-order valence-corrected chi connectivity index (χ0v) is 21.2. The molecule has 1 aliphatic heterocycles. The van der Waals surface area contributed by atoms with Crippen LogP contribution in [0.3, 0.4) is 0 Å². The molecule has 0 saturated carbocycles. The molecule has 16 heteroatoms. The zero-order valence-electron chi connectivity index (χ0n) is 21.2. The van der Waals surface area contributed by atoms with E-state index in [0.29, 0.717) is 0 Å². The van der Waals surface area contributed by atoms with Gasteiger partial charge in [-0.2, -0.15) is 0 Å². The van der Waals surface area contributed by atoms with Crippen LogP contribution in [-0.4, -0.2) is 100 Å². The number of carboxylic acids is 2. The molecule has 0 bridgehead atoms. The van der Waals surface area contributed by atoms with E-state index in [1.165, 1.54) is 0 Å². The van der Waals surface area contributed by atoms with Crippen LogP contribution in [0.4, 0.5) is 0 Å². The molecule has 10 N–H and O–H groups in total. The molecule has 1 fully saturated rings. The Balaban J connectivity index is 2.90. The first kappa shape index (κ1) is 32.2. The van der Waals surface area contributed by atoms with Gasteiger partial charge in [0.1, 0.15) is 18.1 Å². The summed E-state index contributed by atoms with van der Waals surface area (Å²) in [6.07, 6.45) is -2.05. The van der Waals surface area contributed by atoms with Gasteiger partial charge in [0.05, 0.1) is 18.7 Å². The minimum absolute atomic E-state index is 0.163. The van der Waals surface area contributed by atoms with Gasteiger partial charge in [0.2, 0.25) is 29.5 Å². The van der Waals surface area contributed by atoms with Crippen LogP contribution in [0.2, 0.25) is 0 Å². The van der Waals surface area contributed by atoms with Crippen LogP contribution in [0.5, 0.6) is 0 Å².